The lowest BCUT2D eigenvalue weighted by atomic mass is 9.92. The summed E-state index contributed by atoms with van der Waals surface area (Å²) in [4.78, 5) is 24.0. The van der Waals surface area contributed by atoms with Gasteiger partial charge in [0.1, 0.15) is 17.4 Å². The molecule has 2 amide bonds. The Morgan fingerprint density at radius 1 is 1.22 bits per heavy atom. The zero-order chi connectivity index (χ0) is 29.4. The molecule has 0 spiro atoms. The van der Waals surface area contributed by atoms with Crippen LogP contribution >= 0.6 is 0 Å². The summed E-state index contributed by atoms with van der Waals surface area (Å²) in [6, 6.07) is 12.7. The molecule has 2 aromatic heterocycles. The first-order valence-corrected chi connectivity index (χ1v) is 13.5. The van der Waals surface area contributed by atoms with Crippen LogP contribution in [0, 0.1) is 6.92 Å². The highest BCUT2D eigenvalue weighted by atomic mass is 16.5. The largest absolute Gasteiger partial charge is 0.439 e. The molecule has 4 rings (SSSR count). The van der Waals surface area contributed by atoms with E-state index in [0.717, 1.165) is 22.6 Å². The summed E-state index contributed by atoms with van der Waals surface area (Å²) < 4.78 is 13.2. The van der Waals surface area contributed by atoms with Gasteiger partial charge in [0.05, 0.1) is 30.8 Å². The predicted octanol–water partition coefficient (Wildman–Crippen LogP) is 4.25. The maximum atomic E-state index is 13.0. The van der Waals surface area contributed by atoms with Gasteiger partial charge in [-0.15, -0.1) is 0 Å². The summed E-state index contributed by atoms with van der Waals surface area (Å²) in [5, 5.41) is 10.6. The van der Waals surface area contributed by atoms with Gasteiger partial charge >= 0.3 is 6.03 Å². The van der Waals surface area contributed by atoms with Gasteiger partial charge in [0.2, 0.25) is 5.90 Å². The van der Waals surface area contributed by atoms with E-state index in [1.54, 1.807) is 23.0 Å². The lowest BCUT2D eigenvalue weighted by molar-refractivity contribution is 0.0533. The van der Waals surface area contributed by atoms with Gasteiger partial charge in [-0.1, -0.05) is 45.5 Å². The minimum atomic E-state index is -0.391. The molecular formula is C30H38N8O3. The highest BCUT2D eigenvalue weighted by molar-refractivity contribution is 5.90. The summed E-state index contributed by atoms with van der Waals surface area (Å²) >= 11 is 0. The number of nitrogens with two attached hydrogens (primary N) is 1. The summed E-state index contributed by atoms with van der Waals surface area (Å²) in [5.74, 6) is 1.91. The molecule has 1 aliphatic rings. The second-order valence-electron chi connectivity index (χ2n) is 10.6. The van der Waals surface area contributed by atoms with Crippen LogP contribution in [-0.4, -0.2) is 57.9 Å². The summed E-state index contributed by atoms with van der Waals surface area (Å²) in [6.07, 6.45) is 4.66. The smallest absolute Gasteiger partial charge is 0.320 e. The van der Waals surface area contributed by atoms with E-state index in [9.17, 15) is 4.79 Å². The number of nitrogens with zero attached hydrogens (tertiary/aromatic N) is 5. The standard InChI is InChI=1S/C30H38N8O3/c1-21-10-11-24(20-32-21)38-27(18-26(36-38)30(3,4)5)35-29(39)33-19-23-8-6-7-9-25(23)41-28(12-13-31)34-22(2)37-14-16-40-17-15-37/h6-13,18,20H,2,14-17,19,31H2,1,3-5H3,(H2,33,35,39)/b13-12-,34-28+. The molecule has 41 heavy (non-hydrogen) atoms. The summed E-state index contributed by atoms with van der Waals surface area (Å²) in [5.41, 5.74) is 8.68. The van der Waals surface area contributed by atoms with E-state index in [-0.39, 0.29) is 17.9 Å². The van der Waals surface area contributed by atoms with E-state index in [2.05, 4.69) is 48.0 Å². The molecule has 11 nitrogen and oxygen atoms in total. The number of urea groups is 1. The second kappa shape index (κ2) is 13.1. The van der Waals surface area contributed by atoms with Crippen LogP contribution in [0.15, 0.2) is 78.3 Å². The number of aromatic nitrogens is 3. The number of para-hydroxylation sites is 1. The molecular weight excluding hydrogens is 520 g/mol. The third kappa shape index (κ3) is 7.95. The molecule has 0 radical (unpaired) electrons. The van der Waals surface area contributed by atoms with Crippen LogP contribution in [-0.2, 0) is 16.7 Å². The number of anilines is 1. The van der Waals surface area contributed by atoms with E-state index in [1.807, 2.05) is 48.2 Å². The zero-order valence-electron chi connectivity index (χ0n) is 24.1. The molecule has 0 bridgehead atoms. The van der Waals surface area contributed by atoms with Crippen molar-refractivity contribution in [2.45, 2.75) is 39.7 Å². The zero-order valence-corrected chi connectivity index (χ0v) is 24.1. The van der Waals surface area contributed by atoms with Gasteiger partial charge < -0.3 is 25.4 Å². The van der Waals surface area contributed by atoms with Crippen LogP contribution in [0.1, 0.15) is 37.7 Å². The molecule has 4 N–H and O–H groups in total. The molecule has 0 saturated carbocycles. The Morgan fingerprint density at radius 2 is 1.98 bits per heavy atom. The van der Waals surface area contributed by atoms with Crippen LogP contribution in [0.25, 0.3) is 5.69 Å². The minimum absolute atomic E-state index is 0.207. The third-order valence-corrected chi connectivity index (χ3v) is 6.34. The van der Waals surface area contributed by atoms with Crippen molar-refractivity contribution in [2.24, 2.45) is 10.7 Å². The van der Waals surface area contributed by atoms with Crippen LogP contribution in [0.2, 0.25) is 0 Å². The molecule has 11 heteroatoms. The van der Waals surface area contributed by atoms with Crippen molar-refractivity contribution < 1.29 is 14.3 Å². The first-order chi connectivity index (χ1) is 19.6. The molecule has 3 aromatic rings. The molecule has 216 valence electrons. The number of nitrogens with one attached hydrogen (secondary N) is 2. The Bertz CT molecular complexity index is 1410. The number of ether oxygens (including phenoxy) is 2. The Labute approximate surface area is 240 Å². The van der Waals surface area contributed by atoms with Crippen molar-refractivity contribution in [2.75, 3.05) is 31.6 Å². The summed E-state index contributed by atoms with van der Waals surface area (Å²) in [7, 11) is 0. The van der Waals surface area contributed by atoms with E-state index in [4.69, 9.17) is 20.3 Å². The lowest BCUT2D eigenvalue weighted by Crippen LogP contribution is -2.35. The first-order valence-electron chi connectivity index (χ1n) is 13.5. The van der Waals surface area contributed by atoms with Crippen LogP contribution in [0.5, 0.6) is 5.75 Å². The van der Waals surface area contributed by atoms with Crippen molar-refractivity contribution in [3.05, 3.63) is 90.3 Å². The Kier molecular flexibility index (Phi) is 9.41. The van der Waals surface area contributed by atoms with Gasteiger partial charge in [-0.05, 0) is 31.3 Å². The maximum absolute atomic E-state index is 13.0. The summed E-state index contributed by atoms with van der Waals surface area (Å²) in [6.45, 7) is 15.0. The average Bonchev–Trinajstić information content (AvgIpc) is 3.38. The fraction of sp³-hybridized carbons (Fsp3) is 0.333. The lowest BCUT2D eigenvalue weighted by Gasteiger charge is -2.28. The van der Waals surface area contributed by atoms with E-state index < -0.39 is 6.03 Å². The van der Waals surface area contributed by atoms with Gasteiger partial charge in [0.25, 0.3) is 0 Å². The van der Waals surface area contributed by atoms with Gasteiger partial charge in [0, 0.05) is 48.4 Å². The van der Waals surface area contributed by atoms with Crippen molar-refractivity contribution in [1.82, 2.24) is 25.0 Å². The van der Waals surface area contributed by atoms with Crippen molar-refractivity contribution in [3.63, 3.8) is 0 Å². The van der Waals surface area contributed by atoms with Crippen molar-refractivity contribution in [3.8, 4) is 11.4 Å². The number of hydrogen-bond acceptors (Lipinski definition) is 8. The molecule has 1 aromatic carbocycles. The van der Waals surface area contributed by atoms with Crippen LogP contribution < -0.4 is 21.1 Å². The molecule has 0 aliphatic carbocycles. The predicted molar refractivity (Wildman–Crippen MR) is 160 cm³/mol. The monoisotopic (exact) mass is 558 g/mol. The fourth-order valence-corrected chi connectivity index (χ4v) is 4.01. The van der Waals surface area contributed by atoms with Crippen LogP contribution in [0.4, 0.5) is 10.6 Å². The number of pyridine rings is 1. The average molecular weight is 559 g/mol. The molecule has 1 fully saturated rings. The topological polar surface area (TPSA) is 132 Å². The molecule has 1 saturated heterocycles. The van der Waals surface area contributed by atoms with E-state index >= 15 is 0 Å². The van der Waals surface area contributed by atoms with Crippen molar-refractivity contribution >= 4 is 17.7 Å². The quantitative estimate of drug-likeness (QED) is 0.278. The molecule has 3 heterocycles. The second-order valence-corrected chi connectivity index (χ2v) is 10.6. The number of aryl methyl sites for hydroxylation is 1. The van der Waals surface area contributed by atoms with Gasteiger partial charge in [-0.2, -0.15) is 10.1 Å². The number of carbonyl (C=O) groups is 1. The normalized spacial score (nSPS) is 14.2. The minimum Gasteiger partial charge on any atom is -0.439 e. The number of benzene rings is 1. The SMILES string of the molecule is C=C(/N=C(\C=C/N)Oc1ccccc1CNC(=O)Nc1cc(C(C)(C)C)nn1-c1ccc(C)nc1)N1CCOCC1. The number of rotatable bonds is 8. The molecule has 1 aliphatic heterocycles. The van der Waals surface area contributed by atoms with Crippen LogP contribution in [0.3, 0.4) is 0 Å². The number of amides is 2. The van der Waals surface area contributed by atoms with E-state index in [0.29, 0.717) is 43.7 Å². The number of aliphatic imine (C=N–C) groups is 1. The fourth-order valence-electron chi connectivity index (χ4n) is 4.01. The highest BCUT2D eigenvalue weighted by Gasteiger charge is 2.22. The number of hydrogen-bond donors (Lipinski definition) is 3. The van der Waals surface area contributed by atoms with Gasteiger partial charge in [0.15, 0.2) is 0 Å². The van der Waals surface area contributed by atoms with Gasteiger partial charge in [-0.3, -0.25) is 10.3 Å². The number of carbonyl (C=O) groups excluding carboxylic acids is 1. The molecule has 0 atom stereocenters. The first kappa shape index (κ1) is 29.3. The van der Waals surface area contributed by atoms with Crippen molar-refractivity contribution in [1.29, 1.82) is 0 Å². The van der Waals surface area contributed by atoms with E-state index in [1.165, 1.54) is 6.20 Å². The molecule has 0 unspecified atom stereocenters. The Balaban J connectivity index is 1.47. The maximum Gasteiger partial charge on any atom is 0.320 e. The van der Waals surface area contributed by atoms with Gasteiger partial charge in [-0.25, -0.2) is 9.48 Å². The Morgan fingerprint density at radius 3 is 2.66 bits per heavy atom. The number of morpholine rings is 1. The Hall–Kier alpha value is -4.64. The third-order valence-electron chi connectivity index (χ3n) is 6.34. The highest BCUT2D eigenvalue weighted by Crippen LogP contribution is 2.26.